The summed E-state index contributed by atoms with van der Waals surface area (Å²) < 4.78 is 22.6. The number of likely N-dealkylation sites (N-methyl/N-ethyl adjacent to an activating group) is 1. The fourth-order valence-electron chi connectivity index (χ4n) is 6.81. The van der Waals surface area contributed by atoms with Crippen molar-refractivity contribution >= 4 is 17.9 Å². The quantitative estimate of drug-likeness (QED) is 0.0195. The van der Waals surface area contributed by atoms with E-state index >= 15 is 0 Å². The van der Waals surface area contributed by atoms with Crippen molar-refractivity contribution in [3.63, 3.8) is 0 Å². The molecule has 0 aromatic carbocycles. The van der Waals surface area contributed by atoms with E-state index < -0.39 is 30.3 Å². The summed E-state index contributed by atoms with van der Waals surface area (Å²) in [5.74, 6) is -2.33. The van der Waals surface area contributed by atoms with Crippen LogP contribution in [0, 0.1) is 0 Å². The monoisotopic (exact) mass is 936 g/mol. The van der Waals surface area contributed by atoms with Crippen molar-refractivity contribution in [3.05, 3.63) is 97.2 Å². The van der Waals surface area contributed by atoms with E-state index in [0.717, 1.165) is 89.9 Å². The van der Waals surface area contributed by atoms with Crippen LogP contribution in [0.4, 0.5) is 0 Å². The van der Waals surface area contributed by atoms with Crippen molar-refractivity contribution in [3.8, 4) is 0 Å². The highest BCUT2D eigenvalue weighted by Crippen LogP contribution is 2.15. The van der Waals surface area contributed by atoms with E-state index in [1.165, 1.54) is 64.2 Å². The fraction of sp³-hybridized carbons (Fsp3) is 0.672. The second-order valence-electron chi connectivity index (χ2n) is 18.4. The molecule has 9 heteroatoms. The summed E-state index contributed by atoms with van der Waals surface area (Å²) >= 11 is 0. The summed E-state index contributed by atoms with van der Waals surface area (Å²) in [5, 5.41) is 11.7. The van der Waals surface area contributed by atoms with Crippen LogP contribution in [-0.4, -0.2) is 82.3 Å². The summed E-state index contributed by atoms with van der Waals surface area (Å²) in [4.78, 5) is 37.1. The van der Waals surface area contributed by atoms with Crippen LogP contribution in [0.3, 0.4) is 0 Å². The molecule has 0 spiro atoms. The number of aliphatic carboxylic acids is 1. The Hall–Kier alpha value is -3.79. The first kappa shape index (κ1) is 63.2. The Kier molecular flexibility index (Phi) is 45.9. The number of carbonyl (C=O) groups is 3. The molecule has 0 bridgehead atoms. The van der Waals surface area contributed by atoms with Crippen LogP contribution >= 0.6 is 0 Å². The number of quaternary nitrogens is 1. The first-order valence-corrected chi connectivity index (χ1v) is 26.4. The summed E-state index contributed by atoms with van der Waals surface area (Å²) in [7, 11) is 5.90. The van der Waals surface area contributed by atoms with Crippen LogP contribution in [0.1, 0.15) is 194 Å². The highest BCUT2D eigenvalue weighted by molar-refractivity contribution is 5.70. The molecular formula is C58H97NO8. The van der Waals surface area contributed by atoms with Gasteiger partial charge in [-0.05, 0) is 89.9 Å². The number of carboxylic acid groups (broad SMARTS) is 1. The molecule has 0 saturated heterocycles. The number of hydrogen-bond acceptors (Lipinski definition) is 8. The van der Waals surface area contributed by atoms with Gasteiger partial charge in [0, 0.05) is 12.8 Å². The standard InChI is InChI=1S/C58H97NO8/c1-6-8-10-12-14-16-18-20-21-22-23-24-25-26-27-28-29-30-31-32-33-34-35-37-39-41-43-45-47-49-56(61)67-54(53-66-58(57(62)63)64-51-50-59(3,4)5)52-65-55(60)48-46-44-42-40-38-36-19-17-15-13-11-9-7-2/h8-11,14-17,20-21,23-24,26-27,36,38,54,58H,6-7,12-13,18-19,22,25,28-35,37,39-53H2,1-5H3/b10-8-,11-9-,16-14-,17-15-,21-20-,24-23-,27-26-,38-36-. The van der Waals surface area contributed by atoms with Crippen LogP contribution in [0.2, 0.25) is 0 Å². The minimum absolute atomic E-state index is 0.138. The molecule has 0 amide bonds. The van der Waals surface area contributed by atoms with Crippen LogP contribution in [-0.2, 0) is 33.3 Å². The summed E-state index contributed by atoms with van der Waals surface area (Å²) in [6.07, 6.45) is 61.7. The van der Waals surface area contributed by atoms with Crippen molar-refractivity contribution < 1.29 is 42.9 Å². The third-order valence-electron chi connectivity index (χ3n) is 10.8. The van der Waals surface area contributed by atoms with Gasteiger partial charge in [-0.3, -0.25) is 9.59 Å². The van der Waals surface area contributed by atoms with Gasteiger partial charge in [0.2, 0.25) is 0 Å². The molecule has 0 aliphatic carbocycles. The van der Waals surface area contributed by atoms with Crippen LogP contribution in [0.25, 0.3) is 0 Å². The lowest BCUT2D eigenvalue weighted by atomic mass is 10.0. The van der Waals surface area contributed by atoms with Crippen molar-refractivity contribution in [1.29, 1.82) is 0 Å². The van der Waals surface area contributed by atoms with Gasteiger partial charge >= 0.3 is 11.9 Å². The second kappa shape index (κ2) is 48.7. The number of carboxylic acids is 1. The highest BCUT2D eigenvalue weighted by atomic mass is 16.7. The van der Waals surface area contributed by atoms with Gasteiger partial charge in [0.25, 0.3) is 0 Å². The lowest BCUT2D eigenvalue weighted by molar-refractivity contribution is -0.870. The second-order valence-corrected chi connectivity index (χ2v) is 18.4. The average molecular weight is 936 g/mol. The van der Waals surface area contributed by atoms with Crippen molar-refractivity contribution in [2.24, 2.45) is 0 Å². The number of esters is 2. The van der Waals surface area contributed by atoms with Crippen molar-refractivity contribution in [2.75, 3.05) is 47.5 Å². The molecule has 2 unspecified atom stereocenters. The third kappa shape index (κ3) is 49.9. The molecule has 67 heavy (non-hydrogen) atoms. The fourth-order valence-corrected chi connectivity index (χ4v) is 6.81. The number of unbranched alkanes of at least 4 members (excludes halogenated alkanes) is 16. The first-order chi connectivity index (χ1) is 32.6. The van der Waals surface area contributed by atoms with Gasteiger partial charge < -0.3 is 33.3 Å². The Balaban J connectivity index is 4.24. The van der Waals surface area contributed by atoms with Gasteiger partial charge in [-0.1, -0.05) is 188 Å². The third-order valence-corrected chi connectivity index (χ3v) is 10.8. The Morgan fingerprint density at radius 2 is 0.806 bits per heavy atom. The van der Waals surface area contributed by atoms with Crippen LogP contribution < -0.4 is 5.11 Å². The van der Waals surface area contributed by atoms with Crippen LogP contribution in [0.5, 0.6) is 0 Å². The molecular weight excluding hydrogens is 839 g/mol. The van der Waals surface area contributed by atoms with E-state index in [1.54, 1.807) is 0 Å². The molecule has 382 valence electrons. The Labute approximate surface area is 410 Å². The first-order valence-electron chi connectivity index (χ1n) is 26.4. The summed E-state index contributed by atoms with van der Waals surface area (Å²) in [6, 6.07) is 0. The molecule has 9 nitrogen and oxygen atoms in total. The summed E-state index contributed by atoms with van der Waals surface area (Å²) in [6.45, 7) is 4.46. The van der Waals surface area contributed by atoms with E-state index in [0.29, 0.717) is 23.9 Å². The molecule has 0 aliphatic rings. The molecule has 0 N–H and O–H groups in total. The van der Waals surface area contributed by atoms with E-state index in [-0.39, 0.29) is 32.7 Å². The maximum Gasteiger partial charge on any atom is 0.306 e. The Morgan fingerprint density at radius 1 is 0.448 bits per heavy atom. The predicted octanol–water partition coefficient (Wildman–Crippen LogP) is 13.7. The number of allylic oxidation sites excluding steroid dienone is 16. The highest BCUT2D eigenvalue weighted by Gasteiger charge is 2.21. The van der Waals surface area contributed by atoms with E-state index in [1.807, 2.05) is 21.1 Å². The normalized spacial score (nSPS) is 13.6. The number of nitrogens with zero attached hydrogens (tertiary/aromatic N) is 1. The van der Waals surface area contributed by atoms with E-state index in [4.69, 9.17) is 18.9 Å². The van der Waals surface area contributed by atoms with E-state index in [9.17, 15) is 19.5 Å². The molecule has 0 rings (SSSR count). The molecule has 0 aliphatic heterocycles. The van der Waals surface area contributed by atoms with Gasteiger partial charge in [-0.2, -0.15) is 0 Å². The lowest BCUT2D eigenvalue weighted by Gasteiger charge is -2.26. The van der Waals surface area contributed by atoms with E-state index in [2.05, 4.69) is 111 Å². The minimum atomic E-state index is -1.63. The number of ether oxygens (including phenoxy) is 4. The smallest absolute Gasteiger partial charge is 0.306 e. The Bertz CT molecular complexity index is 1420. The zero-order valence-electron chi connectivity index (χ0n) is 43.2. The largest absolute Gasteiger partial charge is 0.545 e. The van der Waals surface area contributed by atoms with Gasteiger partial charge in [-0.15, -0.1) is 0 Å². The van der Waals surface area contributed by atoms with Crippen molar-refractivity contribution in [2.45, 2.75) is 206 Å². The molecule has 0 aromatic heterocycles. The van der Waals surface area contributed by atoms with Gasteiger partial charge in [0.1, 0.15) is 13.2 Å². The zero-order valence-corrected chi connectivity index (χ0v) is 43.2. The van der Waals surface area contributed by atoms with Gasteiger partial charge in [-0.25, -0.2) is 0 Å². The minimum Gasteiger partial charge on any atom is -0.545 e. The SMILES string of the molecule is CC/C=C\C/C=C\C/C=C\C/C=C\C/C=C\CCCCCCCCCCCCCCCC(=O)OC(COC(=O)CCCCC/C=C\C/C=C\C/C=C\CC)COC(OCC[N+](C)(C)C)C(=O)[O-]. The molecule has 0 heterocycles. The van der Waals surface area contributed by atoms with Crippen LogP contribution in [0.15, 0.2) is 97.2 Å². The van der Waals surface area contributed by atoms with Crippen molar-refractivity contribution in [1.82, 2.24) is 0 Å². The maximum atomic E-state index is 12.8. The number of rotatable bonds is 47. The molecule has 2 atom stereocenters. The number of carbonyl (C=O) groups excluding carboxylic acids is 3. The predicted molar refractivity (Wildman–Crippen MR) is 278 cm³/mol. The van der Waals surface area contributed by atoms with Gasteiger partial charge in [0.05, 0.1) is 40.3 Å². The molecule has 0 radical (unpaired) electrons. The molecule has 0 saturated carbocycles. The average Bonchev–Trinajstić information content (AvgIpc) is 3.29. The zero-order chi connectivity index (χ0) is 49.2. The molecule has 0 fully saturated rings. The number of hydrogen-bond donors (Lipinski definition) is 0. The lowest BCUT2D eigenvalue weighted by Crippen LogP contribution is -2.44. The molecule has 0 aromatic rings. The van der Waals surface area contributed by atoms with Gasteiger partial charge in [0.15, 0.2) is 12.4 Å². The maximum absolute atomic E-state index is 12.8. The summed E-state index contributed by atoms with van der Waals surface area (Å²) in [5.41, 5.74) is 0. The Morgan fingerprint density at radius 3 is 1.21 bits per heavy atom. The topological polar surface area (TPSA) is 111 Å².